The molecule has 1 heterocycles. The zero-order valence-corrected chi connectivity index (χ0v) is 9.48. The molecule has 80 valence electrons. The van der Waals surface area contributed by atoms with Crippen LogP contribution in [0.25, 0.3) is 0 Å². The second-order valence-corrected chi connectivity index (χ2v) is 5.51. The molecule has 0 spiro atoms. The third kappa shape index (κ3) is 2.70. The molecule has 0 atom stereocenters. The predicted octanol–water partition coefficient (Wildman–Crippen LogP) is 0.705. The number of nitrogens with zero attached hydrogens (tertiary/aromatic N) is 1. The standard InChI is InChI=1S/C7H12ClN3O2S/c1-7(2,5-8)11-14(12,13)6-3-9-10-4-6/h3-4,11H,5H2,1-2H3,(H,9,10). The molecule has 1 rings (SSSR count). The summed E-state index contributed by atoms with van der Waals surface area (Å²) in [4.78, 5) is 0.107. The van der Waals surface area contributed by atoms with Gasteiger partial charge >= 0.3 is 0 Å². The van der Waals surface area contributed by atoms with Crippen LogP contribution in [0.5, 0.6) is 0 Å². The predicted molar refractivity (Wildman–Crippen MR) is 53.7 cm³/mol. The van der Waals surface area contributed by atoms with Gasteiger partial charge in [0.1, 0.15) is 4.90 Å². The quantitative estimate of drug-likeness (QED) is 0.758. The second kappa shape index (κ2) is 3.88. The van der Waals surface area contributed by atoms with Crippen molar-refractivity contribution in [3.8, 4) is 0 Å². The number of aromatic nitrogens is 2. The molecule has 0 aromatic carbocycles. The van der Waals surface area contributed by atoms with Crippen molar-refractivity contribution in [3.05, 3.63) is 12.4 Å². The minimum absolute atomic E-state index is 0.107. The molecular weight excluding hydrogens is 226 g/mol. The fourth-order valence-corrected chi connectivity index (χ4v) is 2.30. The van der Waals surface area contributed by atoms with Crippen LogP contribution in [0.2, 0.25) is 0 Å². The summed E-state index contributed by atoms with van der Waals surface area (Å²) in [6, 6.07) is 0. The van der Waals surface area contributed by atoms with Gasteiger partial charge < -0.3 is 0 Å². The van der Waals surface area contributed by atoms with E-state index in [2.05, 4.69) is 14.9 Å². The smallest absolute Gasteiger partial charge is 0.244 e. The highest BCUT2D eigenvalue weighted by Crippen LogP contribution is 2.12. The molecule has 1 aromatic rings. The largest absolute Gasteiger partial charge is 0.284 e. The Morgan fingerprint density at radius 1 is 1.64 bits per heavy atom. The molecule has 0 fully saturated rings. The molecule has 0 bridgehead atoms. The maximum Gasteiger partial charge on any atom is 0.244 e. The van der Waals surface area contributed by atoms with Crippen molar-refractivity contribution in [3.63, 3.8) is 0 Å². The molecule has 0 amide bonds. The lowest BCUT2D eigenvalue weighted by atomic mass is 10.1. The summed E-state index contributed by atoms with van der Waals surface area (Å²) < 4.78 is 25.7. The first kappa shape index (κ1) is 11.5. The zero-order valence-electron chi connectivity index (χ0n) is 7.91. The number of alkyl halides is 1. The Balaban J connectivity index is 2.89. The van der Waals surface area contributed by atoms with E-state index in [0.717, 1.165) is 0 Å². The number of hydrogen-bond donors (Lipinski definition) is 2. The summed E-state index contributed by atoms with van der Waals surface area (Å²) in [5.41, 5.74) is -0.669. The Kier molecular flexibility index (Phi) is 3.18. The Bertz CT molecular complexity index is 385. The highest BCUT2D eigenvalue weighted by Gasteiger charge is 2.25. The lowest BCUT2D eigenvalue weighted by molar-refractivity contribution is 0.496. The van der Waals surface area contributed by atoms with E-state index in [4.69, 9.17) is 11.6 Å². The van der Waals surface area contributed by atoms with E-state index in [-0.39, 0.29) is 10.8 Å². The monoisotopic (exact) mass is 237 g/mol. The zero-order chi connectivity index (χ0) is 10.8. The van der Waals surface area contributed by atoms with E-state index < -0.39 is 15.6 Å². The Morgan fingerprint density at radius 2 is 2.29 bits per heavy atom. The van der Waals surface area contributed by atoms with Gasteiger partial charge in [0.05, 0.1) is 6.20 Å². The lowest BCUT2D eigenvalue weighted by Gasteiger charge is -2.22. The van der Waals surface area contributed by atoms with Gasteiger partial charge in [-0.3, -0.25) is 5.10 Å². The molecule has 2 N–H and O–H groups in total. The average molecular weight is 238 g/mol. The van der Waals surface area contributed by atoms with E-state index in [0.29, 0.717) is 0 Å². The van der Waals surface area contributed by atoms with E-state index in [9.17, 15) is 8.42 Å². The van der Waals surface area contributed by atoms with E-state index in [1.807, 2.05) is 0 Å². The van der Waals surface area contributed by atoms with Crippen LogP contribution in [0, 0.1) is 0 Å². The summed E-state index contributed by atoms with van der Waals surface area (Å²) in [5, 5.41) is 6.00. The number of hydrogen-bond acceptors (Lipinski definition) is 3. The number of H-pyrrole nitrogens is 1. The van der Waals surface area contributed by atoms with E-state index >= 15 is 0 Å². The van der Waals surface area contributed by atoms with Crippen molar-refractivity contribution in [2.75, 3.05) is 5.88 Å². The minimum Gasteiger partial charge on any atom is -0.284 e. The van der Waals surface area contributed by atoms with Crippen LogP contribution in [0.15, 0.2) is 17.3 Å². The van der Waals surface area contributed by atoms with Gasteiger partial charge in [0.2, 0.25) is 10.0 Å². The van der Waals surface area contributed by atoms with Crippen LogP contribution < -0.4 is 4.72 Å². The van der Waals surface area contributed by atoms with Crippen LogP contribution in [-0.2, 0) is 10.0 Å². The first-order valence-corrected chi connectivity index (χ1v) is 5.98. The molecule has 7 heteroatoms. The Labute approximate surface area is 87.9 Å². The van der Waals surface area contributed by atoms with Crippen molar-refractivity contribution < 1.29 is 8.42 Å². The number of nitrogens with one attached hydrogen (secondary N) is 2. The molecule has 0 aliphatic carbocycles. The molecule has 0 aliphatic rings. The first-order valence-electron chi connectivity index (χ1n) is 3.96. The molecule has 0 saturated carbocycles. The molecule has 5 nitrogen and oxygen atoms in total. The number of sulfonamides is 1. The third-order valence-electron chi connectivity index (χ3n) is 1.53. The average Bonchev–Trinajstić information content (AvgIpc) is 2.54. The fourth-order valence-electron chi connectivity index (χ4n) is 0.836. The van der Waals surface area contributed by atoms with Crippen molar-refractivity contribution in [1.29, 1.82) is 0 Å². The van der Waals surface area contributed by atoms with Gasteiger partial charge in [0.25, 0.3) is 0 Å². The maximum atomic E-state index is 11.6. The van der Waals surface area contributed by atoms with E-state index in [1.165, 1.54) is 12.4 Å². The first-order chi connectivity index (χ1) is 6.37. The van der Waals surface area contributed by atoms with Crippen LogP contribution in [0.1, 0.15) is 13.8 Å². The summed E-state index contributed by atoms with van der Waals surface area (Å²) >= 11 is 5.61. The summed E-state index contributed by atoms with van der Waals surface area (Å²) in [7, 11) is -3.51. The van der Waals surface area contributed by atoms with Gasteiger partial charge in [-0.05, 0) is 13.8 Å². The van der Waals surface area contributed by atoms with Crippen molar-refractivity contribution >= 4 is 21.6 Å². The van der Waals surface area contributed by atoms with Crippen LogP contribution in [-0.4, -0.2) is 30.0 Å². The van der Waals surface area contributed by atoms with Crippen LogP contribution in [0.3, 0.4) is 0 Å². The highest BCUT2D eigenvalue weighted by atomic mass is 35.5. The van der Waals surface area contributed by atoms with Crippen LogP contribution >= 0.6 is 11.6 Å². The van der Waals surface area contributed by atoms with Crippen molar-refractivity contribution in [2.45, 2.75) is 24.3 Å². The van der Waals surface area contributed by atoms with Gasteiger partial charge in [-0.2, -0.15) is 5.10 Å². The van der Waals surface area contributed by atoms with Crippen LogP contribution in [0.4, 0.5) is 0 Å². The molecule has 0 unspecified atom stereocenters. The fraction of sp³-hybridized carbons (Fsp3) is 0.571. The second-order valence-electron chi connectivity index (χ2n) is 3.56. The Morgan fingerprint density at radius 3 is 2.71 bits per heavy atom. The summed E-state index contributed by atoms with van der Waals surface area (Å²) in [6.07, 6.45) is 2.55. The van der Waals surface area contributed by atoms with Gasteiger partial charge in [-0.15, -0.1) is 11.6 Å². The highest BCUT2D eigenvalue weighted by molar-refractivity contribution is 7.89. The van der Waals surface area contributed by atoms with Gasteiger partial charge in [0.15, 0.2) is 0 Å². The summed E-state index contributed by atoms with van der Waals surface area (Å²) in [5.74, 6) is 0.198. The summed E-state index contributed by atoms with van der Waals surface area (Å²) in [6.45, 7) is 3.41. The molecule has 0 radical (unpaired) electrons. The molecule has 1 aromatic heterocycles. The van der Waals surface area contributed by atoms with Gasteiger partial charge in [-0.1, -0.05) is 0 Å². The number of aromatic amines is 1. The Hall–Kier alpha value is -0.590. The molecule has 14 heavy (non-hydrogen) atoms. The third-order valence-corrected chi connectivity index (χ3v) is 3.86. The van der Waals surface area contributed by atoms with Gasteiger partial charge in [0, 0.05) is 17.6 Å². The molecule has 0 aliphatic heterocycles. The maximum absolute atomic E-state index is 11.6. The number of halogens is 1. The lowest BCUT2D eigenvalue weighted by Crippen LogP contribution is -2.44. The molecule has 0 saturated heterocycles. The van der Waals surface area contributed by atoms with Gasteiger partial charge in [-0.25, -0.2) is 13.1 Å². The van der Waals surface area contributed by atoms with E-state index in [1.54, 1.807) is 13.8 Å². The molecular formula is C7H12ClN3O2S. The van der Waals surface area contributed by atoms with Crippen molar-refractivity contribution in [2.24, 2.45) is 0 Å². The topological polar surface area (TPSA) is 74.8 Å². The SMILES string of the molecule is CC(C)(CCl)NS(=O)(=O)c1cn[nH]c1. The number of rotatable bonds is 4. The van der Waals surface area contributed by atoms with Crippen molar-refractivity contribution in [1.82, 2.24) is 14.9 Å². The minimum atomic E-state index is -3.51. The normalized spacial score (nSPS) is 13.1.